The molecule has 0 saturated carbocycles. The molecule has 1 aliphatic heterocycles. The van der Waals surface area contributed by atoms with E-state index >= 15 is 0 Å². The molecule has 0 fully saturated rings. The van der Waals surface area contributed by atoms with E-state index in [0.717, 1.165) is 85.4 Å². The van der Waals surface area contributed by atoms with Gasteiger partial charge in [0.1, 0.15) is 11.3 Å². The molecule has 3 heterocycles. The van der Waals surface area contributed by atoms with E-state index in [0.29, 0.717) is 5.92 Å². The summed E-state index contributed by atoms with van der Waals surface area (Å²) >= 11 is 0. The molecule has 5 aromatic rings. The van der Waals surface area contributed by atoms with Crippen molar-refractivity contribution in [3.05, 3.63) is 161 Å². The summed E-state index contributed by atoms with van der Waals surface area (Å²) in [6.45, 7) is 0. The third kappa shape index (κ3) is 4.88. The normalized spacial score (nSPS) is 21.1. The lowest BCUT2D eigenvalue weighted by atomic mass is 9.87. The molecule has 0 saturated heterocycles. The van der Waals surface area contributed by atoms with Gasteiger partial charge in [0.25, 0.3) is 0 Å². The van der Waals surface area contributed by atoms with Gasteiger partial charge in [-0.3, -0.25) is 4.99 Å². The summed E-state index contributed by atoms with van der Waals surface area (Å²) in [6.07, 6.45) is 31.0. The van der Waals surface area contributed by atoms with Crippen molar-refractivity contribution in [1.29, 1.82) is 0 Å². The van der Waals surface area contributed by atoms with Crippen LogP contribution >= 0.6 is 0 Å². The van der Waals surface area contributed by atoms with Crippen LogP contribution in [0.1, 0.15) is 77.8 Å². The SMILES string of the molecule is C1=CCC(C2CC(c3ccccc3)=NC(c3cccc4c5c(oc34)C(c3ccc4c(c3)c3c(n4C4=CCCC=C4)CCC=C3)=CCC5)=N2)C=C1. The first kappa shape index (κ1) is 29.4. The Balaban J connectivity index is 1.09. The standard InChI is InChI=1S/C46H39N3O/c1-4-14-30(15-5-1)40-29-41(31-16-6-2-7-17-31)48-46(47-40)38-24-13-23-37-36-22-12-21-34(44(36)50-45(37)38)32-26-27-43-39(28-32)35-20-10-11-25-42(35)49(43)33-18-8-3-9-19-33/h1-2,4-8,10,13-16,18-21,23-24,26-28,31,41H,3,9,11-12,17,22,25,29H2. The van der Waals surface area contributed by atoms with Crippen LogP contribution in [0.4, 0.5) is 0 Å². The zero-order chi connectivity index (χ0) is 33.0. The summed E-state index contributed by atoms with van der Waals surface area (Å²) in [7, 11) is 0. The number of furan rings is 1. The number of aliphatic imine (C=N–C) groups is 2. The van der Waals surface area contributed by atoms with Crippen molar-refractivity contribution in [3.8, 4) is 0 Å². The van der Waals surface area contributed by atoms with Crippen LogP contribution < -0.4 is 0 Å². The fourth-order valence-corrected chi connectivity index (χ4v) is 8.64. The number of nitrogens with zero attached hydrogens (tertiary/aromatic N) is 3. The molecule has 0 bridgehead atoms. The van der Waals surface area contributed by atoms with Gasteiger partial charge in [-0.05, 0) is 80.3 Å². The third-order valence-corrected chi connectivity index (χ3v) is 11.1. The molecule has 4 nitrogen and oxygen atoms in total. The summed E-state index contributed by atoms with van der Waals surface area (Å²) in [5.41, 5.74) is 13.2. The number of amidine groups is 1. The van der Waals surface area contributed by atoms with E-state index in [1.807, 2.05) is 0 Å². The molecule has 4 heteroatoms. The lowest BCUT2D eigenvalue weighted by molar-refractivity contribution is 0.514. The first-order valence-electron chi connectivity index (χ1n) is 18.3. The largest absolute Gasteiger partial charge is 0.455 e. The summed E-state index contributed by atoms with van der Waals surface area (Å²) < 4.78 is 9.51. The zero-order valence-corrected chi connectivity index (χ0v) is 28.2. The van der Waals surface area contributed by atoms with Crippen molar-refractivity contribution < 1.29 is 4.42 Å². The minimum Gasteiger partial charge on any atom is -0.455 e. The van der Waals surface area contributed by atoms with Crippen LogP contribution in [0.2, 0.25) is 0 Å². The highest BCUT2D eigenvalue weighted by atomic mass is 16.3. The van der Waals surface area contributed by atoms with Crippen molar-refractivity contribution in [3.63, 3.8) is 0 Å². The van der Waals surface area contributed by atoms with Gasteiger partial charge >= 0.3 is 0 Å². The summed E-state index contributed by atoms with van der Waals surface area (Å²) in [4.78, 5) is 10.6. The molecule has 3 aromatic carbocycles. The van der Waals surface area contributed by atoms with Gasteiger partial charge in [0.15, 0.2) is 5.84 Å². The van der Waals surface area contributed by atoms with Gasteiger partial charge < -0.3 is 8.98 Å². The molecule has 2 unspecified atom stereocenters. The Labute approximate surface area is 293 Å². The first-order chi connectivity index (χ1) is 24.8. The van der Waals surface area contributed by atoms with Crippen molar-refractivity contribution >= 4 is 50.8 Å². The van der Waals surface area contributed by atoms with Crippen molar-refractivity contribution in [1.82, 2.24) is 4.57 Å². The molecule has 0 N–H and O–H groups in total. The van der Waals surface area contributed by atoms with Crippen LogP contribution in [0, 0.1) is 5.92 Å². The zero-order valence-electron chi connectivity index (χ0n) is 28.2. The Bertz CT molecular complexity index is 2430. The second-order valence-corrected chi connectivity index (χ2v) is 14.1. The number of aromatic nitrogens is 1. The van der Waals surface area contributed by atoms with Crippen molar-refractivity contribution in [2.75, 3.05) is 0 Å². The summed E-state index contributed by atoms with van der Waals surface area (Å²) in [5, 5.41) is 2.49. The maximum absolute atomic E-state index is 7.01. The van der Waals surface area contributed by atoms with Gasteiger partial charge in [-0.15, -0.1) is 0 Å². The van der Waals surface area contributed by atoms with Crippen LogP contribution in [0.3, 0.4) is 0 Å². The van der Waals surface area contributed by atoms with Crippen LogP contribution in [0.25, 0.3) is 39.2 Å². The predicted octanol–water partition coefficient (Wildman–Crippen LogP) is 11.1. The third-order valence-electron chi connectivity index (χ3n) is 11.1. The Morgan fingerprint density at radius 2 is 1.70 bits per heavy atom. The number of benzene rings is 3. The highest BCUT2D eigenvalue weighted by Gasteiger charge is 2.30. The second kappa shape index (κ2) is 12.1. The molecule has 0 spiro atoms. The number of rotatable bonds is 5. The van der Waals surface area contributed by atoms with E-state index in [1.165, 1.54) is 49.9 Å². The Kier molecular flexibility index (Phi) is 7.14. The molecular formula is C46H39N3O. The van der Waals surface area contributed by atoms with Gasteiger partial charge in [0.2, 0.25) is 0 Å². The Morgan fingerprint density at radius 3 is 2.58 bits per heavy atom. The Hall–Kier alpha value is -5.48. The molecule has 0 radical (unpaired) electrons. The Morgan fingerprint density at radius 1 is 0.760 bits per heavy atom. The van der Waals surface area contributed by atoms with E-state index in [-0.39, 0.29) is 6.04 Å². The lowest BCUT2D eigenvalue weighted by Gasteiger charge is -2.26. The van der Waals surface area contributed by atoms with E-state index in [4.69, 9.17) is 14.4 Å². The van der Waals surface area contributed by atoms with Gasteiger partial charge in [-0.1, -0.05) is 103 Å². The van der Waals surface area contributed by atoms with Gasteiger partial charge in [0.05, 0.1) is 22.8 Å². The molecule has 2 atom stereocenters. The van der Waals surface area contributed by atoms with E-state index in [1.54, 1.807) is 0 Å². The molecule has 50 heavy (non-hydrogen) atoms. The molecule has 4 aliphatic carbocycles. The fourth-order valence-electron chi connectivity index (χ4n) is 8.64. The minimum atomic E-state index is 0.119. The summed E-state index contributed by atoms with van der Waals surface area (Å²) in [5.74, 6) is 2.11. The number of allylic oxidation sites excluding steroid dienone is 9. The average Bonchev–Trinajstić information content (AvgIpc) is 3.74. The predicted molar refractivity (Wildman–Crippen MR) is 208 cm³/mol. The van der Waals surface area contributed by atoms with Crippen molar-refractivity contribution in [2.45, 2.75) is 57.4 Å². The molecule has 2 aromatic heterocycles. The number of hydrogen-bond acceptors (Lipinski definition) is 3. The van der Waals surface area contributed by atoms with E-state index in [2.05, 4.69) is 132 Å². The van der Waals surface area contributed by atoms with Crippen LogP contribution in [-0.2, 0) is 12.8 Å². The summed E-state index contributed by atoms with van der Waals surface area (Å²) in [6, 6.07) is 24.3. The minimum absolute atomic E-state index is 0.119. The molecule has 5 aliphatic rings. The maximum atomic E-state index is 7.01. The maximum Gasteiger partial charge on any atom is 0.158 e. The van der Waals surface area contributed by atoms with Crippen LogP contribution in [-0.4, -0.2) is 22.2 Å². The van der Waals surface area contributed by atoms with E-state index < -0.39 is 0 Å². The molecule has 0 amide bonds. The molecule has 10 rings (SSSR count). The van der Waals surface area contributed by atoms with Crippen LogP contribution in [0.15, 0.2) is 136 Å². The van der Waals surface area contributed by atoms with Gasteiger partial charge in [-0.25, -0.2) is 4.99 Å². The number of fused-ring (bicyclic) bond motifs is 6. The monoisotopic (exact) mass is 649 g/mol. The fraction of sp³-hybridized carbons (Fsp3) is 0.217. The van der Waals surface area contributed by atoms with Crippen LogP contribution in [0.5, 0.6) is 0 Å². The quantitative estimate of drug-likeness (QED) is 0.187. The smallest absolute Gasteiger partial charge is 0.158 e. The van der Waals surface area contributed by atoms with E-state index in [9.17, 15) is 0 Å². The second-order valence-electron chi connectivity index (χ2n) is 14.1. The number of para-hydroxylation sites is 1. The van der Waals surface area contributed by atoms with Crippen molar-refractivity contribution in [2.24, 2.45) is 15.9 Å². The molecule has 244 valence electrons. The number of aryl methyl sites for hydroxylation is 1. The topological polar surface area (TPSA) is 42.8 Å². The van der Waals surface area contributed by atoms with Gasteiger partial charge in [-0.2, -0.15) is 0 Å². The van der Waals surface area contributed by atoms with Gasteiger partial charge in [0, 0.05) is 51.2 Å². The number of hydrogen-bond donors (Lipinski definition) is 0. The lowest BCUT2D eigenvalue weighted by Crippen LogP contribution is -2.27. The highest BCUT2D eigenvalue weighted by Crippen LogP contribution is 2.42. The first-order valence-corrected chi connectivity index (χ1v) is 18.3. The molecular weight excluding hydrogens is 611 g/mol. The highest BCUT2D eigenvalue weighted by molar-refractivity contribution is 6.18. The average molecular weight is 650 g/mol.